The van der Waals surface area contributed by atoms with Gasteiger partial charge in [0.25, 0.3) is 5.91 Å². The van der Waals surface area contributed by atoms with E-state index in [1.165, 1.54) is 30.3 Å². The highest BCUT2D eigenvalue weighted by atomic mass is 19.1. The monoisotopic (exact) mass is 450 g/mol. The summed E-state index contributed by atoms with van der Waals surface area (Å²) in [5.74, 6) is 0.133. The molecule has 0 saturated carbocycles. The fourth-order valence-electron chi connectivity index (χ4n) is 3.85. The van der Waals surface area contributed by atoms with Crippen LogP contribution in [0.3, 0.4) is 0 Å². The molecule has 2 heterocycles. The number of oxime groups is 1. The van der Waals surface area contributed by atoms with Crippen molar-refractivity contribution < 1.29 is 27.9 Å². The van der Waals surface area contributed by atoms with Crippen molar-refractivity contribution in [1.29, 1.82) is 0 Å². The van der Waals surface area contributed by atoms with Crippen LogP contribution in [0.5, 0.6) is 11.5 Å². The van der Waals surface area contributed by atoms with Gasteiger partial charge in [0.2, 0.25) is 6.79 Å². The molecule has 0 radical (unpaired) electrons. The summed E-state index contributed by atoms with van der Waals surface area (Å²) in [5, 5.41) is 4.20. The van der Waals surface area contributed by atoms with Crippen LogP contribution in [-0.4, -0.2) is 36.0 Å². The number of hydrogen-bond donors (Lipinski definition) is 0. The van der Waals surface area contributed by atoms with Gasteiger partial charge >= 0.3 is 0 Å². The molecule has 0 N–H and O–H groups in total. The average molecular weight is 450 g/mol. The number of carbonyl (C=O) groups is 1. The molecule has 2 aliphatic rings. The number of hydrogen-bond acceptors (Lipinski definition) is 5. The highest BCUT2D eigenvalue weighted by Crippen LogP contribution is 2.33. The van der Waals surface area contributed by atoms with Gasteiger partial charge in [-0.15, -0.1) is 0 Å². The van der Waals surface area contributed by atoms with Crippen molar-refractivity contribution >= 4 is 11.6 Å². The van der Waals surface area contributed by atoms with E-state index in [-0.39, 0.29) is 43.3 Å². The first kappa shape index (κ1) is 20.9. The number of rotatable bonds is 6. The Morgan fingerprint density at radius 2 is 1.79 bits per heavy atom. The molecule has 5 rings (SSSR count). The van der Waals surface area contributed by atoms with E-state index in [1.807, 2.05) is 18.2 Å². The fourth-order valence-corrected chi connectivity index (χ4v) is 3.85. The minimum Gasteiger partial charge on any atom is -0.454 e. The van der Waals surface area contributed by atoms with Gasteiger partial charge in [-0.05, 0) is 54.1 Å². The summed E-state index contributed by atoms with van der Waals surface area (Å²) < 4.78 is 37.8. The zero-order valence-electron chi connectivity index (χ0n) is 17.5. The molecule has 0 fully saturated rings. The maximum atomic E-state index is 13.7. The molecular formula is C25H20F2N2O4. The summed E-state index contributed by atoms with van der Waals surface area (Å²) >= 11 is 0. The lowest BCUT2D eigenvalue weighted by Crippen LogP contribution is -2.37. The molecule has 3 aromatic rings. The number of benzene rings is 3. The molecule has 0 aliphatic carbocycles. The number of halogens is 2. The van der Waals surface area contributed by atoms with Crippen molar-refractivity contribution in [1.82, 2.24) is 4.90 Å². The lowest BCUT2D eigenvalue weighted by atomic mass is 10.0. The Bertz CT molecular complexity index is 1210. The largest absolute Gasteiger partial charge is 0.454 e. The number of fused-ring (bicyclic) bond motifs is 1. The predicted octanol–water partition coefficient (Wildman–Crippen LogP) is 4.53. The Morgan fingerprint density at radius 3 is 2.61 bits per heavy atom. The highest BCUT2D eigenvalue weighted by molar-refractivity contribution is 6.02. The molecule has 33 heavy (non-hydrogen) atoms. The second kappa shape index (κ2) is 8.90. The Morgan fingerprint density at radius 1 is 0.970 bits per heavy atom. The van der Waals surface area contributed by atoms with Crippen LogP contribution in [0.2, 0.25) is 0 Å². The van der Waals surface area contributed by atoms with Crippen LogP contribution in [0.4, 0.5) is 8.78 Å². The Labute approximate surface area is 189 Å². The SMILES string of the molecule is O=C(c1cccc(F)c1)N(Cc1ccc(F)cc1)C[C@@H]1CC(c2ccc3c(c2)OCO3)=NO1. The third-order valence-corrected chi connectivity index (χ3v) is 5.51. The summed E-state index contributed by atoms with van der Waals surface area (Å²) in [6.07, 6.45) is 0.0964. The second-order valence-corrected chi connectivity index (χ2v) is 7.86. The summed E-state index contributed by atoms with van der Waals surface area (Å²) in [4.78, 5) is 20.4. The molecule has 3 aromatic carbocycles. The van der Waals surface area contributed by atoms with Crippen LogP contribution in [0.1, 0.15) is 27.9 Å². The van der Waals surface area contributed by atoms with Crippen molar-refractivity contribution in [2.45, 2.75) is 19.1 Å². The lowest BCUT2D eigenvalue weighted by Gasteiger charge is -2.25. The Hall–Kier alpha value is -3.94. The second-order valence-electron chi connectivity index (χ2n) is 7.86. The molecule has 1 atom stereocenters. The van der Waals surface area contributed by atoms with Gasteiger partial charge in [0.1, 0.15) is 11.6 Å². The van der Waals surface area contributed by atoms with Gasteiger partial charge in [0.15, 0.2) is 17.6 Å². The van der Waals surface area contributed by atoms with E-state index in [0.717, 1.165) is 16.8 Å². The topological polar surface area (TPSA) is 60.4 Å². The predicted molar refractivity (Wildman–Crippen MR) is 116 cm³/mol. The number of carbonyl (C=O) groups excluding carboxylic acids is 1. The smallest absolute Gasteiger partial charge is 0.254 e. The maximum absolute atomic E-state index is 13.7. The molecular weight excluding hydrogens is 430 g/mol. The van der Waals surface area contributed by atoms with Gasteiger partial charge in [0.05, 0.1) is 12.3 Å². The zero-order chi connectivity index (χ0) is 22.8. The molecule has 1 amide bonds. The van der Waals surface area contributed by atoms with Gasteiger partial charge < -0.3 is 19.2 Å². The minimum atomic E-state index is -0.492. The van der Waals surface area contributed by atoms with Crippen molar-refractivity contribution in [2.75, 3.05) is 13.3 Å². The molecule has 0 bridgehead atoms. The van der Waals surface area contributed by atoms with Crippen molar-refractivity contribution in [3.05, 3.63) is 95.1 Å². The average Bonchev–Trinajstić information content (AvgIpc) is 3.48. The first-order valence-electron chi connectivity index (χ1n) is 10.5. The highest BCUT2D eigenvalue weighted by Gasteiger charge is 2.28. The van der Waals surface area contributed by atoms with Crippen LogP contribution in [0.25, 0.3) is 0 Å². The standard InChI is InChI=1S/C25H20F2N2O4/c26-19-7-4-16(5-8-19)13-29(25(30)18-2-1-3-20(27)10-18)14-21-12-22(28-33-21)17-6-9-23-24(11-17)32-15-31-23/h1-11,21H,12-15H2/t21-/m0/s1. The fraction of sp³-hybridized carbons (Fsp3) is 0.200. The lowest BCUT2D eigenvalue weighted by molar-refractivity contribution is 0.0405. The third-order valence-electron chi connectivity index (χ3n) is 5.51. The Kier molecular flexibility index (Phi) is 5.64. The van der Waals surface area contributed by atoms with Gasteiger partial charge in [0, 0.05) is 24.1 Å². The number of nitrogens with zero attached hydrogens (tertiary/aromatic N) is 2. The summed E-state index contributed by atoms with van der Waals surface area (Å²) in [6, 6.07) is 17.0. The van der Waals surface area contributed by atoms with Crippen molar-refractivity contribution in [2.24, 2.45) is 5.16 Å². The van der Waals surface area contributed by atoms with E-state index < -0.39 is 5.82 Å². The summed E-state index contributed by atoms with van der Waals surface area (Å²) in [7, 11) is 0. The minimum absolute atomic E-state index is 0.185. The molecule has 8 heteroatoms. The van der Waals surface area contributed by atoms with Gasteiger partial charge in [-0.3, -0.25) is 4.79 Å². The van der Waals surface area contributed by atoms with Crippen LogP contribution >= 0.6 is 0 Å². The summed E-state index contributed by atoms with van der Waals surface area (Å²) in [5.41, 5.74) is 2.56. The molecule has 168 valence electrons. The first-order valence-corrected chi connectivity index (χ1v) is 10.5. The molecule has 0 aromatic heterocycles. The van der Waals surface area contributed by atoms with E-state index >= 15 is 0 Å². The van der Waals surface area contributed by atoms with Gasteiger partial charge in [-0.2, -0.15) is 0 Å². The normalized spacial score (nSPS) is 16.3. The van der Waals surface area contributed by atoms with Crippen molar-refractivity contribution in [3.8, 4) is 11.5 Å². The molecule has 0 unspecified atom stereocenters. The third kappa shape index (κ3) is 4.64. The quantitative estimate of drug-likeness (QED) is 0.554. The van der Waals surface area contributed by atoms with E-state index in [9.17, 15) is 13.6 Å². The number of ether oxygens (including phenoxy) is 2. The molecule has 6 nitrogen and oxygen atoms in total. The van der Waals surface area contributed by atoms with Gasteiger partial charge in [-0.1, -0.05) is 23.4 Å². The van der Waals surface area contributed by atoms with Crippen molar-refractivity contribution in [3.63, 3.8) is 0 Å². The van der Waals surface area contributed by atoms with Crippen LogP contribution in [0.15, 0.2) is 71.9 Å². The van der Waals surface area contributed by atoms with Crippen LogP contribution < -0.4 is 9.47 Å². The van der Waals surface area contributed by atoms with Crippen LogP contribution in [0, 0.1) is 11.6 Å². The maximum Gasteiger partial charge on any atom is 0.254 e. The van der Waals surface area contributed by atoms with E-state index in [1.54, 1.807) is 23.1 Å². The molecule has 2 aliphatic heterocycles. The van der Waals surface area contributed by atoms with E-state index in [2.05, 4.69) is 5.16 Å². The summed E-state index contributed by atoms with van der Waals surface area (Å²) in [6.45, 7) is 0.629. The van der Waals surface area contributed by atoms with Gasteiger partial charge in [-0.25, -0.2) is 8.78 Å². The zero-order valence-corrected chi connectivity index (χ0v) is 17.5. The van der Waals surface area contributed by atoms with Crippen LogP contribution in [-0.2, 0) is 11.4 Å². The number of amides is 1. The van der Waals surface area contributed by atoms with E-state index in [4.69, 9.17) is 14.3 Å². The Balaban J connectivity index is 1.32. The first-order chi connectivity index (χ1) is 16.0. The molecule has 0 spiro atoms. The van der Waals surface area contributed by atoms with E-state index in [0.29, 0.717) is 17.9 Å². The molecule has 0 saturated heterocycles.